The van der Waals surface area contributed by atoms with Crippen LogP contribution in [0.2, 0.25) is 0 Å². The highest BCUT2D eigenvalue weighted by Gasteiger charge is 2.23. The molecule has 1 atom stereocenters. The van der Waals surface area contributed by atoms with Crippen molar-refractivity contribution in [3.05, 3.63) is 0 Å². The number of hydrogen-bond acceptors (Lipinski definition) is 3. The van der Waals surface area contributed by atoms with Crippen LogP contribution in [-0.4, -0.2) is 52.1 Å². The van der Waals surface area contributed by atoms with Gasteiger partial charge in [0.05, 0.1) is 12.7 Å². The molecule has 5 nitrogen and oxygen atoms in total. The van der Waals surface area contributed by atoms with Gasteiger partial charge in [-0.05, 0) is 25.2 Å². The normalized spacial score (nSPS) is 20.9. The maximum Gasteiger partial charge on any atom is 0.407 e. The Labute approximate surface area is 83.0 Å². The second-order valence-corrected chi connectivity index (χ2v) is 3.79. The van der Waals surface area contributed by atoms with Gasteiger partial charge >= 0.3 is 6.09 Å². The van der Waals surface area contributed by atoms with E-state index in [1.165, 1.54) is 4.90 Å². The fraction of sp³-hybridized carbons (Fsp3) is 0.889. The molecule has 0 aromatic carbocycles. The van der Waals surface area contributed by atoms with Gasteiger partial charge in [0, 0.05) is 13.1 Å². The Hall–Kier alpha value is -0.810. The first-order valence-corrected chi connectivity index (χ1v) is 4.90. The highest BCUT2D eigenvalue weighted by Crippen LogP contribution is 2.21. The molecule has 1 heterocycles. The minimum atomic E-state index is -0.869. The zero-order valence-electron chi connectivity index (χ0n) is 8.09. The topological polar surface area (TPSA) is 81.0 Å². The minimum Gasteiger partial charge on any atom is -0.465 e. The number of rotatable bonds is 3. The van der Waals surface area contributed by atoms with Crippen molar-refractivity contribution >= 4 is 6.09 Å². The summed E-state index contributed by atoms with van der Waals surface area (Å²) < 4.78 is 0. The van der Waals surface area contributed by atoms with Gasteiger partial charge in [0.1, 0.15) is 0 Å². The van der Waals surface area contributed by atoms with Crippen molar-refractivity contribution in [1.29, 1.82) is 0 Å². The molecule has 5 heteroatoms. The first-order valence-electron chi connectivity index (χ1n) is 4.90. The van der Waals surface area contributed by atoms with Crippen molar-refractivity contribution in [2.75, 3.05) is 19.7 Å². The van der Waals surface area contributed by atoms with Gasteiger partial charge in [-0.25, -0.2) is 4.79 Å². The Morgan fingerprint density at radius 1 is 1.43 bits per heavy atom. The Balaban J connectivity index is 2.25. The molecule has 0 bridgehead atoms. The summed E-state index contributed by atoms with van der Waals surface area (Å²) >= 11 is 0. The summed E-state index contributed by atoms with van der Waals surface area (Å²) in [6, 6.07) is 0. The van der Waals surface area contributed by atoms with E-state index in [0.717, 1.165) is 12.8 Å². The SMILES string of the molecule is O=C(O)N1CCC(C[C@H](O)CO)CC1. The maximum absolute atomic E-state index is 10.6. The lowest BCUT2D eigenvalue weighted by molar-refractivity contribution is 0.0593. The number of nitrogens with zero attached hydrogens (tertiary/aromatic N) is 1. The van der Waals surface area contributed by atoms with E-state index < -0.39 is 12.2 Å². The van der Waals surface area contributed by atoms with E-state index >= 15 is 0 Å². The predicted octanol–water partition coefficient (Wildman–Crippen LogP) is 0.120. The molecule has 1 saturated heterocycles. The van der Waals surface area contributed by atoms with Crippen LogP contribution in [0.1, 0.15) is 19.3 Å². The molecule has 1 amide bonds. The lowest BCUT2D eigenvalue weighted by Crippen LogP contribution is -2.38. The maximum atomic E-state index is 10.6. The highest BCUT2D eigenvalue weighted by atomic mass is 16.4. The Bertz CT molecular complexity index is 189. The van der Waals surface area contributed by atoms with Gasteiger partial charge in [0.15, 0.2) is 0 Å². The average molecular weight is 203 g/mol. The van der Waals surface area contributed by atoms with Crippen LogP contribution in [0.4, 0.5) is 4.79 Å². The van der Waals surface area contributed by atoms with Crippen LogP contribution >= 0.6 is 0 Å². The molecule has 14 heavy (non-hydrogen) atoms. The Kier molecular flexibility index (Phi) is 4.16. The molecular formula is C9H17NO4. The van der Waals surface area contributed by atoms with Crippen LogP contribution in [0.15, 0.2) is 0 Å². The second kappa shape index (κ2) is 5.17. The van der Waals surface area contributed by atoms with Crippen LogP contribution in [0.5, 0.6) is 0 Å². The molecule has 0 spiro atoms. The lowest BCUT2D eigenvalue weighted by Gasteiger charge is -2.30. The van der Waals surface area contributed by atoms with Crippen molar-refractivity contribution in [2.45, 2.75) is 25.4 Å². The van der Waals surface area contributed by atoms with Crippen molar-refractivity contribution in [3.63, 3.8) is 0 Å². The molecule has 1 aliphatic heterocycles. The smallest absolute Gasteiger partial charge is 0.407 e. The summed E-state index contributed by atoms with van der Waals surface area (Å²) in [6.07, 6.45) is 0.610. The monoisotopic (exact) mass is 203 g/mol. The van der Waals surface area contributed by atoms with E-state index in [1.54, 1.807) is 0 Å². The quantitative estimate of drug-likeness (QED) is 0.608. The fourth-order valence-electron chi connectivity index (χ4n) is 1.82. The number of amides is 1. The number of aliphatic hydroxyl groups excluding tert-OH is 2. The van der Waals surface area contributed by atoms with Crippen molar-refractivity contribution in [2.24, 2.45) is 5.92 Å². The van der Waals surface area contributed by atoms with Gasteiger partial charge in [-0.2, -0.15) is 0 Å². The van der Waals surface area contributed by atoms with Gasteiger partial charge in [-0.15, -0.1) is 0 Å². The molecule has 0 saturated carbocycles. The third-order valence-electron chi connectivity index (χ3n) is 2.70. The number of carboxylic acid groups (broad SMARTS) is 1. The van der Waals surface area contributed by atoms with Gasteiger partial charge in [-0.1, -0.05) is 0 Å². The Morgan fingerprint density at radius 2 is 2.00 bits per heavy atom. The largest absolute Gasteiger partial charge is 0.465 e. The van der Waals surface area contributed by atoms with E-state index in [0.29, 0.717) is 25.4 Å². The standard InChI is InChI=1S/C9H17NO4/c11-6-8(12)5-7-1-3-10(4-2-7)9(13)14/h7-8,11-12H,1-6H2,(H,13,14)/t8-/m0/s1. The summed E-state index contributed by atoms with van der Waals surface area (Å²) in [5.41, 5.74) is 0. The number of hydrogen-bond donors (Lipinski definition) is 3. The van der Waals surface area contributed by atoms with Gasteiger partial charge < -0.3 is 20.2 Å². The fourth-order valence-corrected chi connectivity index (χ4v) is 1.82. The van der Waals surface area contributed by atoms with Gasteiger partial charge in [-0.3, -0.25) is 0 Å². The molecule has 82 valence electrons. The minimum absolute atomic E-state index is 0.209. The summed E-state index contributed by atoms with van der Waals surface area (Å²) in [7, 11) is 0. The van der Waals surface area contributed by atoms with E-state index in [2.05, 4.69) is 0 Å². The van der Waals surface area contributed by atoms with Crippen LogP contribution < -0.4 is 0 Å². The third kappa shape index (κ3) is 3.16. The molecule has 1 fully saturated rings. The molecule has 0 aromatic rings. The average Bonchev–Trinajstić information content (AvgIpc) is 2.18. The van der Waals surface area contributed by atoms with Crippen LogP contribution in [0.25, 0.3) is 0 Å². The van der Waals surface area contributed by atoms with Crippen LogP contribution in [0, 0.1) is 5.92 Å². The zero-order valence-corrected chi connectivity index (χ0v) is 8.09. The van der Waals surface area contributed by atoms with Crippen LogP contribution in [-0.2, 0) is 0 Å². The molecule has 0 radical (unpaired) electrons. The highest BCUT2D eigenvalue weighted by molar-refractivity contribution is 5.64. The number of aliphatic hydroxyl groups is 2. The second-order valence-electron chi connectivity index (χ2n) is 3.79. The van der Waals surface area contributed by atoms with Crippen molar-refractivity contribution < 1.29 is 20.1 Å². The lowest BCUT2D eigenvalue weighted by atomic mass is 9.91. The summed E-state index contributed by atoms with van der Waals surface area (Å²) in [6.45, 7) is 0.870. The summed E-state index contributed by atoms with van der Waals surface area (Å²) in [5, 5.41) is 26.5. The van der Waals surface area contributed by atoms with Crippen LogP contribution in [0.3, 0.4) is 0 Å². The van der Waals surface area contributed by atoms with Gasteiger partial charge in [0.25, 0.3) is 0 Å². The van der Waals surface area contributed by atoms with Gasteiger partial charge in [0.2, 0.25) is 0 Å². The molecule has 3 N–H and O–H groups in total. The number of piperidine rings is 1. The first-order chi connectivity index (χ1) is 6.63. The predicted molar refractivity (Wildman–Crippen MR) is 50.0 cm³/mol. The van der Waals surface area contributed by atoms with E-state index in [1.807, 2.05) is 0 Å². The third-order valence-corrected chi connectivity index (χ3v) is 2.70. The molecule has 0 aromatic heterocycles. The first kappa shape index (κ1) is 11.3. The molecule has 0 aliphatic carbocycles. The molecule has 1 rings (SSSR count). The van der Waals surface area contributed by atoms with Crippen molar-refractivity contribution in [1.82, 2.24) is 4.90 Å². The van der Waals surface area contributed by atoms with E-state index in [-0.39, 0.29) is 6.61 Å². The van der Waals surface area contributed by atoms with E-state index in [9.17, 15) is 9.90 Å². The summed E-state index contributed by atoms with van der Waals surface area (Å²) in [4.78, 5) is 12.0. The zero-order chi connectivity index (χ0) is 10.6. The molecule has 0 unspecified atom stereocenters. The summed E-state index contributed by atoms with van der Waals surface area (Å²) in [5.74, 6) is 0.341. The number of likely N-dealkylation sites (tertiary alicyclic amines) is 1. The number of carbonyl (C=O) groups is 1. The molecular weight excluding hydrogens is 186 g/mol. The van der Waals surface area contributed by atoms with E-state index in [4.69, 9.17) is 10.2 Å². The van der Waals surface area contributed by atoms with Crippen molar-refractivity contribution in [3.8, 4) is 0 Å². The molecule has 1 aliphatic rings. The Morgan fingerprint density at radius 3 is 2.43 bits per heavy atom.